The maximum Gasteiger partial charge on any atom is 0.0661 e. The fraction of sp³-hybridized carbons (Fsp3) is 0.455. The zero-order valence-electron chi connectivity index (χ0n) is 8.59. The standard InChI is InChI=1S/C11H16INO/c1-3-14-8-11(13-2)9-6-4-5-7-10(9)12/h4-7,11,13H,3,8H2,1-2H3. The van der Waals surface area contributed by atoms with Crippen molar-refractivity contribution in [1.82, 2.24) is 5.32 Å². The van der Waals surface area contributed by atoms with Gasteiger partial charge in [-0.3, -0.25) is 0 Å². The van der Waals surface area contributed by atoms with Crippen LogP contribution in [0.15, 0.2) is 24.3 Å². The van der Waals surface area contributed by atoms with E-state index >= 15 is 0 Å². The van der Waals surface area contributed by atoms with Gasteiger partial charge in [0.1, 0.15) is 0 Å². The number of hydrogen-bond donors (Lipinski definition) is 1. The maximum atomic E-state index is 5.43. The molecule has 0 heterocycles. The molecule has 1 unspecified atom stereocenters. The van der Waals surface area contributed by atoms with Gasteiger partial charge in [-0.05, 0) is 48.2 Å². The maximum absolute atomic E-state index is 5.43. The molecule has 3 heteroatoms. The summed E-state index contributed by atoms with van der Waals surface area (Å²) in [5, 5.41) is 3.26. The average Bonchev–Trinajstić information content (AvgIpc) is 2.21. The van der Waals surface area contributed by atoms with Crippen molar-refractivity contribution in [2.45, 2.75) is 13.0 Å². The Morgan fingerprint density at radius 2 is 2.14 bits per heavy atom. The molecule has 78 valence electrons. The first-order valence-electron chi connectivity index (χ1n) is 4.79. The topological polar surface area (TPSA) is 21.3 Å². The van der Waals surface area contributed by atoms with Crippen LogP contribution in [0.1, 0.15) is 18.5 Å². The first-order chi connectivity index (χ1) is 6.79. The van der Waals surface area contributed by atoms with Crippen molar-refractivity contribution >= 4 is 22.6 Å². The molecule has 0 aromatic heterocycles. The predicted octanol–water partition coefficient (Wildman–Crippen LogP) is 2.59. The summed E-state index contributed by atoms with van der Waals surface area (Å²) in [7, 11) is 1.97. The number of ether oxygens (including phenoxy) is 1. The monoisotopic (exact) mass is 305 g/mol. The van der Waals surface area contributed by atoms with Crippen LogP contribution in [0.4, 0.5) is 0 Å². The number of halogens is 1. The number of hydrogen-bond acceptors (Lipinski definition) is 2. The first kappa shape index (κ1) is 11.9. The van der Waals surface area contributed by atoms with Crippen LogP contribution in [-0.4, -0.2) is 20.3 Å². The SMILES string of the molecule is CCOCC(NC)c1ccccc1I. The molecule has 14 heavy (non-hydrogen) atoms. The van der Waals surface area contributed by atoms with Crippen molar-refractivity contribution in [3.63, 3.8) is 0 Å². The highest BCUT2D eigenvalue weighted by Crippen LogP contribution is 2.19. The number of rotatable bonds is 5. The van der Waals surface area contributed by atoms with E-state index in [1.54, 1.807) is 0 Å². The molecule has 0 aliphatic carbocycles. The summed E-state index contributed by atoms with van der Waals surface area (Å²) in [4.78, 5) is 0. The Balaban J connectivity index is 2.73. The van der Waals surface area contributed by atoms with Gasteiger partial charge < -0.3 is 10.1 Å². The highest BCUT2D eigenvalue weighted by atomic mass is 127. The van der Waals surface area contributed by atoms with E-state index in [-0.39, 0.29) is 0 Å². The van der Waals surface area contributed by atoms with E-state index in [1.807, 2.05) is 14.0 Å². The lowest BCUT2D eigenvalue weighted by atomic mass is 10.1. The molecule has 0 aliphatic rings. The summed E-state index contributed by atoms with van der Waals surface area (Å²) in [6.07, 6.45) is 0. The summed E-state index contributed by atoms with van der Waals surface area (Å²) in [5.41, 5.74) is 1.31. The fourth-order valence-corrected chi connectivity index (χ4v) is 2.09. The van der Waals surface area contributed by atoms with Gasteiger partial charge in [-0.1, -0.05) is 18.2 Å². The normalized spacial score (nSPS) is 12.8. The molecule has 0 amide bonds. The summed E-state index contributed by atoms with van der Waals surface area (Å²) in [5.74, 6) is 0. The van der Waals surface area contributed by atoms with Crippen LogP contribution in [0.3, 0.4) is 0 Å². The van der Waals surface area contributed by atoms with Gasteiger partial charge in [0.15, 0.2) is 0 Å². The Kier molecular flexibility index (Phi) is 5.44. The molecule has 1 aromatic carbocycles. The lowest BCUT2D eigenvalue weighted by Crippen LogP contribution is -2.22. The molecule has 1 aromatic rings. The molecule has 0 radical (unpaired) electrons. The Morgan fingerprint density at radius 1 is 1.43 bits per heavy atom. The van der Waals surface area contributed by atoms with E-state index in [9.17, 15) is 0 Å². The molecule has 0 bridgehead atoms. The van der Waals surface area contributed by atoms with Crippen LogP contribution < -0.4 is 5.32 Å². The minimum Gasteiger partial charge on any atom is -0.380 e. The Morgan fingerprint density at radius 3 is 2.71 bits per heavy atom. The van der Waals surface area contributed by atoms with Crippen LogP contribution in [0.25, 0.3) is 0 Å². The minimum absolute atomic E-state index is 0.294. The van der Waals surface area contributed by atoms with Crippen molar-refractivity contribution in [2.75, 3.05) is 20.3 Å². The molecule has 0 fully saturated rings. The molecule has 2 nitrogen and oxygen atoms in total. The van der Waals surface area contributed by atoms with Crippen molar-refractivity contribution in [1.29, 1.82) is 0 Å². The quantitative estimate of drug-likeness (QED) is 0.844. The molecule has 0 saturated heterocycles. The van der Waals surface area contributed by atoms with Gasteiger partial charge >= 0.3 is 0 Å². The third-order valence-corrected chi connectivity index (χ3v) is 3.10. The van der Waals surface area contributed by atoms with Gasteiger partial charge in [-0.2, -0.15) is 0 Å². The second kappa shape index (κ2) is 6.37. The summed E-state index contributed by atoms with van der Waals surface area (Å²) >= 11 is 2.36. The van der Waals surface area contributed by atoms with Gasteiger partial charge in [-0.25, -0.2) is 0 Å². The van der Waals surface area contributed by atoms with Crippen LogP contribution >= 0.6 is 22.6 Å². The van der Waals surface area contributed by atoms with Crippen LogP contribution in [0.2, 0.25) is 0 Å². The summed E-state index contributed by atoms with van der Waals surface area (Å²) < 4.78 is 6.71. The lowest BCUT2D eigenvalue weighted by Gasteiger charge is -2.17. The van der Waals surface area contributed by atoms with Gasteiger partial charge in [-0.15, -0.1) is 0 Å². The summed E-state index contributed by atoms with van der Waals surface area (Å²) in [6, 6.07) is 8.67. The average molecular weight is 305 g/mol. The molecule has 0 aliphatic heterocycles. The third-order valence-electron chi connectivity index (χ3n) is 2.12. The van der Waals surface area contributed by atoms with E-state index in [4.69, 9.17) is 4.74 Å². The molecule has 0 spiro atoms. The first-order valence-corrected chi connectivity index (χ1v) is 5.87. The van der Waals surface area contributed by atoms with E-state index in [1.165, 1.54) is 9.13 Å². The van der Waals surface area contributed by atoms with E-state index in [2.05, 4.69) is 52.2 Å². The Labute approximate surface area is 99.2 Å². The molecule has 1 rings (SSSR count). The highest BCUT2D eigenvalue weighted by molar-refractivity contribution is 14.1. The Hall–Kier alpha value is -0.130. The van der Waals surface area contributed by atoms with Gasteiger partial charge in [0, 0.05) is 10.2 Å². The highest BCUT2D eigenvalue weighted by Gasteiger charge is 2.11. The van der Waals surface area contributed by atoms with Gasteiger partial charge in [0.05, 0.1) is 12.6 Å². The number of likely N-dealkylation sites (N-methyl/N-ethyl adjacent to an activating group) is 1. The van der Waals surface area contributed by atoms with Gasteiger partial charge in [0.2, 0.25) is 0 Å². The molecule has 1 atom stereocenters. The van der Waals surface area contributed by atoms with E-state index in [0.29, 0.717) is 6.04 Å². The van der Waals surface area contributed by atoms with Crippen LogP contribution in [0, 0.1) is 3.57 Å². The van der Waals surface area contributed by atoms with Crippen molar-refractivity contribution in [3.05, 3.63) is 33.4 Å². The van der Waals surface area contributed by atoms with Crippen LogP contribution in [-0.2, 0) is 4.74 Å². The number of nitrogens with one attached hydrogen (secondary N) is 1. The zero-order chi connectivity index (χ0) is 10.4. The zero-order valence-corrected chi connectivity index (χ0v) is 10.7. The minimum atomic E-state index is 0.294. The molecular weight excluding hydrogens is 289 g/mol. The van der Waals surface area contributed by atoms with Gasteiger partial charge in [0.25, 0.3) is 0 Å². The van der Waals surface area contributed by atoms with E-state index < -0.39 is 0 Å². The molecule has 1 N–H and O–H groups in total. The predicted molar refractivity (Wildman–Crippen MR) is 67.5 cm³/mol. The molecule has 0 saturated carbocycles. The number of benzene rings is 1. The van der Waals surface area contributed by atoms with Crippen LogP contribution in [0.5, 0.6) is 0 Å². The second-order valence-electron chi connectivity index (χ2n) is 3.02. The smallest absolute Gasteiger partial charge is 0.0661 e. The largest absolute Gasteiger partial charge is 0.380 e. The third kappa shape index (κ3) is 3.22. The van der Waals surface area contributed by atoms with Crippen molar-refractivity contribution in [3.8, 4) is 0 Å². The lowest BCUT2D eigenvalue weighted by molar-refractivity contribution is 0.125. The second-order valence-corrected chi connectivity index (χ2v) is 4.18. The van der Waals surface area contributed by atoms with E-state index in [0.717, 1.165) is 13.2 Å². The van der Waals surface area contributed by atoms with Crippen molar-refractivity contribution in [2.24, 2.45) is 0 Å². The fourth-order valence-electron chi connectivity index (χ4n) is 1.32. The Bertz CT molecular complexity index is 278. The molecular formula is C11H16INO. The summed E-state index contributed by atoms with van der Waals surface area (Å²) in [6.45, 7) is 3.51. The van der Waals surface area contributed by atoms with Crippen molar-refractivity contribution < 1.29 is 4.74 Å².